The smallest absolute Gasteiger partial charge is 0.243 e. The monoisotopic (exact) mass is 394 g/mol. The summed E-state index contributed by atoms with van der Waals surface area (Å²) < 4.78 is 40.5. The zero-order chi connectivity index (χ0) is 19.0. The van der Waals surface area contributed by atoms with Crippen LogP contribution in [0.2, 0.25) is 0 Å². The second-order valence-corrected chi connectivity index (χ2v) is 10.00. The minimum Gasteiger partial charge on any atom is -0.341 e. The van der Waals surface area contributed by atoms with Gasteiger partial charge in [-0.1, -0.05) is 19.3 Å². The lowest BCUT2D eigenvalue weighted by atomic mass is 9.75. The van der Waals surface area contributed by atoms with Crippen molar-refractivity contribution in [2.45, 2.75) is 55.9 Å². The van der Waals surface area contributed by atoms with Crippen LogP contribution in [-0.2, 0) is 14.8 Å². The molecule has 0 radical (unpaired) electrons. The number of piperidine rings is 1. The summed E-state index contributed by atoms with van der Waals surface area (Å²) in [4.78, 5) is 15.1. The molecule has 1 amide bonds. The molecule has 0 N–H and O–H groups in total. The van der Waals surface area contributed by atoms with Gasteiger partial charge in [0.1, 0.15) is 11.9 Å². The Balaban J connectivity index is 1.50. The van der Waals surface area contributed by atoms with E-state index in [4.69, 9.17) is 0 Å². The molecule has 3 atom stereocenters. The fourth-order valence-electron chi connectivity index (χ4n) is 5.03. The van der Waals surface area contributed by atoms with Gasteiger partial charge >= 0.3 is 0 Å². The highest BCUT2D eigenvalue weighted by atomic mass is 32.2. The summed E-state index contributed by atoms with van der Waals surface area (Å²) >= 11 is 0. The molecule has 2 heterocycles. The SMILES string of the molecule is O=C([C@H]1CCCN1S(=O)(=O)c1ccc(F)cc1)N1CC[C@@H]2CCCC[C@@H]2C1. The van der Waals surface area contributed by atoms with Crippen LogP contribution < -0.4 is 0 Å². The highest BCUT2D eigenvalue weighted by molar-refractivity contribution is 7.89. The van der Waals surface area contributed by atoms with E-state index < -0.39 is 21.9 Å². The molecular formula is C20H27FN2O3S. The Kier molecular flexibility index (Phi) is 5.25. The summed E-state index contributed by atoms with van der Waals surface area (Å²) in [5.41, 5.74) is 0. The predicted molar refractivity (Wildman–Crippen MR) is 100.0 cm³/mol. The number of hydrogen-bond donors (Lipinski definition) is 0. The van der Waals surface area contributed by atoms with E-state index >= 15 is 0 Å². The number of sulfonamides is 1. The van der Waals surface area contributed by atoms with E-state index in [1.807, 2.05) is 4.90 Å². The maximum atomic E-state index is 13.2. The Morgan fingerprint density at radius 2 is 1.63 bits per heavy atom. The summed E-state index contributed by atoms with van der Waals surface area (Å²) in [5.74, 6) is 0.769. The molecule has 0 spiro atoms. The topological polar surface area (TPSA) is 57.7 Å². The predicted octanol–water partition coefficient (Wildman–Crippen LogP) is 3.02. The third kappa shape index (κ3) is 3.63. The average Bonchev–Trinajstić information content (AvgIpc) is 3.18. The number of nitrogens with zero attached hydrogens (tertiary/aromatic N) is 2. The molecule has 1 aliphatic carbocycles. The first-order valence-corrected chi connectivity index (χ1v) is 11.5. The molecule has 1 saturated carbocycles. The number of rotatable bonds is 3. The standard InChI is InChI=1S/C20H27FN2O3S/c21-17-7-9-18(10-8-17)27(25,26)23-12-3-6-19(23)20(24)22-13-11-15-4-1-2-5-16(15)14-22/h7-10,15-16,19H,1-6,11-14H2/t15-,16+,19+/m0/s1. The summed E-state index contributed by atoms with van der Waals surface area (Å²) in [6, 6.07) is 4.22. The third-order valence-electron chi connectivity index (χ3n) is 6.51. The molecule has 2 aliphatic heterocycles. The fraction of sp³-hybridized carbons (Fsp3) is 0.650. The third-order valence-corrected chi connectivity index (χ3v) is 8.43. The van der Waals surface area contributed by atoms with Gasteiger partial charge in [-0.2, -0.15) is 4.31 Å². The van der Waals surface area contributed by atoms with E-state index in [9.17, 15) is 17.6 Å². The van der Waals surface area contributed by atoms with Crippen LogP contribution in [0, 0.1) is 17.7 Å². The van der Waals surface area contributed by atoms with Crippen molar-refractivity contribution in [3.63, 3.8) is 0 Å². The van der Waals surface area contributed by atoms with E-state index in [1.165, 1.54) is 42.1 Å². The van der Waals surface area contributed by atoms with Crippen molar-refractivity contribution in [3.05, 3.63) is 30.1 Å². The number of halogens is 1. The Morgan fingerprint density at radius 3 is 2.37 bits per heavy atom. The van der Waals surface area contributed by atoms with Gasteiger partial charge in [-0.3, -0.25) is 4.79 Å². The second-order valence-electron chi connectivity index (χ2n) is 8.11. The number of hydrogen-bond acceptors (Lipinski definition) is 3. The molecule has 148 valence electrons. The number of fused-ring (bicyclic) bond motifs is 1. The lowest BCUT2D eigenvalue weighted by molar-refractivity contribution is -0.137. The average molecular weight is 395 g/mol. The van der Waals surface area contributed by atoms with Gasteiger partial charge in [0.15, 0.2) is 0 Å². The molecule has 1 aromatic rings. The minimum absolute atomic E-state index is 0.0505. The van der Waals surface area contributed by atoms with Gasteiger partial charge in [-0.05, 0) is 61.8 Å². The zero-order valence-corrected chi connectivity index (χ0v) is 16.3. The van der Waals surface area contributed by atoms with E-state index in [2.05, 4.69) is 0 Å². The molecule has 4 rings (SSSR count). The Morgan fingerprint density at radius 1 is 0.926 bits per heavy atom. The molecule has 5 nitrogen and oxygen atoms in total. The molecule has 3 fully saturated rings. The van der Waals surface area contributed by atoms with Crippen molar-refractivity contribution in [1.29, 1.82) is 0 Å². The first-order valence-electron chi connectivity index (χ1n) is 10.0. The van der Waals surface area contributed by atoms with Crippen molar-refractivity contribution < 1.29 is 17.6 Å². The molecule has 1 aromatic carbocycles. The summed E-state index contributed by atoms with van der Waals surface area (Å²) in [5, 5.41) is 0. The first kappa shape index (κ1) is 18.9. The van der Waals surface area contributed by atoms with E-state index in [-0.39, 0.29) is 10.8 Å². The maximum absolute atomic E-state index is 13.2. The molecule has 0 bridgehead atoms. The minimum atomic E-state index is -3.79. The fourth-order valence-corrected chi connectivity index (χ4v) is 6.68. The van der Waals surface area contributed by atoms with E-state index in [0.29, 0.717) is 25.3 Å². The van der Waals surface area contributed by atoms with Crippen LogP contribution in [0.15, 0.2) is 29.2 Å². The highest BCUT2D eigenvalue weighted by Gasteiger charge is 2.43. The van der Waals surface area contributed by atoms with Crippen molar-refractivity contribution in [1.82, 2.24) is 9.21 Å². The highest BCUT2D eigenvalue weighted by Crippen LogP contribution is 2.37. The molecule has 2 saturated heterocycles. The van der Waals surface area contributed by atoms with Crippen LogP contribution in [0.4, 0.5) is 4.39 Å². The number of carbonyl (C=O) groups is 1. The Labute approximate surface area is 160 Å². The van der Waals surface area contributed by atoms with Gasteiger partial charge in [0.05, 0.1) is 4.90 Å². The normalized spacial score (nSPS) is 29.5. The number of amides is 1. The van der Waals surface area contributed by atoms with Crippen LogP contribution in [0.5, 0.6) is 0 Å². The van der Waals surface area contributed by atoms with Gasteiger partial charge in [-0.15, -0.1) is 0 Å². The largest absolute Gasteiger partial charge is 0.341 e. The zero-order valence-electron chi connectivity index (χ0n) is 15.5. The quantitative estimate of drug-likeness (QED) is 0.792. The van der Waals surface area contributed by atoms with Gasteiger partial charge in [0, 0.05) is 19.6 Å². The molecule has 0 unspecified atom stereocenters. The molecule has 0 aromatic heterocycles. The van der Waals surface area contributed by atoms with Crippen molar-refractivity contribution in [3.8, 4) is 0 Å². The number of likely N-dealkylation sites (tertiary alicyclic amines) is 1. The first-order chi connectivity index (χ1) is 13.0. The molecule has 27 heavy (non-hydrogen) atoms. The van der Waals surface area contributed by atoms with Gasteiger partial charge < -0.3 is 4.90 Å². The lowest BCUT2D eigenvalue weighted by Gasteiger charge is -2.42. The van der Waals surface area contributed by atoms with Crippen molar-refractivity contribution in [2.24, 2.45) is 11.8 Å². The number of carbonyl (C=O) groups excluding carboxylic acids is 1. The van der Waals surface area contributed by atoms with Gasteiger partial charge in [0.2, 0.25) is 15.9 Å². The van der Waals surface area contributed by atoms with Crippen LogP contribution in [0.1, 0.15) is 44.9 Å². The van der Waals surface area contributed by atoms with Crippen molar-refractivity contribution in [2.75, 3.05) is 19.6 Å². The van der Waals surface area contributed by atoms with Crippen LogP contribution in [-0.4, -0.2) is 49.2 Å². The van der Waals surface area contributed by atoms with Gasteiger partial charge in [-0.25, -0.2) is 12.8 Å². The summed E-state index contributed by atoms with van der Waals surface area (Å²) in [6.07, 6.45) is 7.24. The molecular weight excluding hydrogens is 367 g/mol. The summed E-state index contributed by atoms with van der Waals surface area (Å²) in [7, 11) is -3.79. The lowest BCUT2D eigenvalue weighted by Crippen LogP contribution is -2.52. The Bertz CT molecular complexity index is 796. The second kappa shape index (κ2) is 7.51. The van der Waals surface area contributed by atoms with Crippen molar-refractivity contribution >= 4 is 15.9 Å². The molecule has 7 heteroatoms. The van der Waals surface area contributed by atoms with Gasteiger partial charge in [0.25, 0.3) is 0 Å². The Hall–Kier alpha value is -1.47. The maximum Gasteiger partial charge on any atom is 0.243 e. The molecule has 3 aliphatic rings. The van der Waals surface area contributed by atoms with Crippen LogP contribution in [0.25, 0.3) is 0 Å². The van der Waals surface area contributed by atoms with Crippen LogP contribution >= 0.6 is 0 Å². The van der Waals surface area contributed by atoms with E-state index in [0.717, 1.165) is 37.6 Å². The van der Waals surface area contributed by atoms with Crippen LogP contribution in [0.3, 0.4) is 0 Å². The number of benzene rings is 1. The van der Waals surface area contributed by atoms with E-state index in [1.54, 1.807) is 0 Å². The summed E-state index contributed by atoms with van der Waals surface area (Å²) in [6.45, 7) is 1.85.